The highest BCUT2D eigenvalue weighted by atomic mass is 32.1. The molecule has 0 aliphatic carbocycles. The lowest BCUT2D eigenvalue weighted by Gasteiger charge is -2.34. The molecule has 6 heteroatoms. The van der Waals surface area contributed by atoms with E-state index >= 15 is 0 Å². The molecule has 0 bridgehead atoms. The van der Waals surface area contributed by atoms with E-state index in [1.807, 2.05) is 11.4 Å². The van der Waals surface area contributed by atoms with Gasteiger partial charge >= 0.3 is 5.97 Å². The molecule has 3 heterocycles. The van der Waals surface area contributed by atoms with Gasteiger partial charge in [-0.2, -0.15) is 0 Å². The normalized spacial score (nSPS) is 26.2. The van der Waals surface area contributed by atoms with Gasteiger partial charge in [0.1, 0.15) is 0 Å². The first kappa shape index (κ1) is 12.6. The summed E-state index contributed by atoms with van der Waals surface area (Å²) in [5, 5.41) is 14.5. The number of carboxylic acid groups (broad SMARTS) is 1. The summed E-state index contributed by atoms with van der Waals surface area (Å²) >= 11 is 1.58. The van der Waals surface area contributed by atoms with Crippen LogP contribution in [0, 0.1) is 0 Å². The molecule has 2 N–H and O–H groups in total. The lowest BCUT2D eigenvalue weighted by Crippen LogP contribution is -2.49. The minimum atomic E-state index is -0.939. The molecule has 102 valence electrons. The molecule has 2 unspecified atom stereocenters. The van der Waals surface area contributed by atoms with E-state index in [1.165, 1.54) is 4.90 Å². The second-order valence-corrected chi connectivity index (χ2v) is 5.97. The zero-order valence-electron chi connectivity index (χ0n) is 10.5. The van der Waals surface area contributed by atoms with Crippen LogP contribution in [-0.2, 0) is 16.0 Å². The molecular formula is C13H16N2O3S. The molecule has 1 aromatic rings. The minimum absolute atomic E-state index is 0.0678. The Kier molecular flexibility index (Phi) is 3.28. The van der Waals surface area contributed by atoms with Crippen LogP contribution in [0.4, 0.5) is 0 Å². The predicted molar refractivity (Wildman–Crippen MR) is 71.1 cm³/mol. The van der Waals surface area contributed by atoms with Crippen LogP contribution in [0.5, 0.6) is 0 Å². The Morgan fingerprint density at radius 3 is 3.00 bits per heavy atom. The summed E-state index contributed by atoms with van der Waals surface area (Å²) in [6.07, 6.45) is 2.54. The minimum Gasteiger partial charge on any atom is -0.479 e. The van der Waals surface area contributed by atoms with Gasteiger partial charge in [0.2, 0.25) is 5.91 Å². The summed E-state index contributed by atoms with van der Waals surface area (Å²) in [5.41, 5.74) is 0.787. The molecule has 0 aromatic carbocycles. The van der Waals surface area contributed by atoms with E-state index in [0.717, 1.165) is 36.2 Å². The van der Waals surface area contributed by atoms with Crippen LogP contribution in [0.1, 0.15) is 29.3 Å². The molecule has 3 rings (SSSR count). The molecule has 2 atom stereocenters. The first-order chi connectivity index (χ1) is 9.18. The number of carbonyl (C=O) groups excluding carboxylic acids is 1. The van der Waals surface area contributed by atoms with Gasteiger partial charge in [-0.05, 0) is 42.8 Å². The topological polar surface area (TPSA) is 69.6 Å². The second kappa shape index (κ2) is 4.94. The number of fused-ring (bicyclic) bond motifs is 1. The fraction of sp³-hybridized carbons (Fsp3) is 0.538. The van der Waals surface area contributed by atoms with Gasteiger partial charge in [0.25, 0.3) is 0 Å². The molecule has 1 fully saturated rings. The number of thiophene rings is 1. The molecule has 1 amide bonds. The largest absolute Gasteiger partial charge is 0.479 e. The Labute approximate surface area is 115 Å². The number of nitrogens with zero attached hydrogens (tertiary/aromatic N) is 1. The number of carboxylic acids is 1. The summed E-state index contributed by atoms with van der Waals surface area (Å²) in [4.78, 5) is 26.6. The van der Waals surface area contributed by atoms with Crippen LogP contribution in [0.25, 0.3) is 0 Å². The maximum Gasteiger partial charge on any atom is 0.331 e. The van der Waals surface area contributed by atoms with E-state index in [2.05, 4.69) is 5.32 Å². The summed E-state index contributed by atoms with van der Waals surface area (Å²) in [5.74, 6) is -1.01. The van der Waals surface area contributed by atoms with E-state index in [0.29, 0.717) is 6.54 Å². The molecule has 2 aliphatic heterocycles. The number of carbonyl (C=O) groups is 2. The average molecular weight is 280 g/mol. The number of rotatable bonds is 2. The van der Waals surface area contributed by atoms with Crippen LogP contribution < -0.4 is 5.32 Å². The predicted octanol–water partition coefficient (Wildman–Crippen LogP) is 1.01. The number of hydrogen-bond donors (Lipinski definition) is 2. The molecule has 1 saturated heterocycles. The van der Waals surface area contributed by atoms with Gasteiger partial charge in [0.05, 0.1) is 6.04 Å². The van der Waals surface area contributed by atoms with Crippen molar-refractivity contribution in [3.8, 4) is 0 Å². The third-order valence-electron chi connectivity index (χ3n) is 3.84. The van der Waals surface area contributed by atoms with Gasteiger partial charge in [-0.3, -0.25) is 4.79 Å². The van der Waals surface area contributed by atoms with Crippen LogP contribution in [0.3, 0.4) is 0 Å². The van der Waals surface area contributed by atoms with E-state index in [4.69, 9.17) is 0 Å². The number of aliphatic carboxylic acids is 1. The van der Waals surface area contributed by atoms with Crippen molar-refractivity contribution in [2.24, 2.45) is 0 Å². The van der Waals surface area contributed by atoms with Crippen LogP contribution in [0.15, 0.2) is 11.4 Å². The Morgan fingerprint density at radius 2 is 2.32 bits per heavy atom. The summed E-state index contributed by atoms with van der Waals surface area (Å²) in [6.45, 7) is 1.34. The maximum atomic E-state index is 12.5. The summed E-state index contributed by atoms with van der Waals surface area (Å²) in [6, 6.07) is 0.812. The SMILES string of the molecule is O=C(O)C1c2ccsc2CCN1C(=O)C1CCCN1. The van der Waals surface area contributed by atoms with Gasteiger partial charge in [-0.15, -0.1) is 11.3 Å². The molecule has 5 nitrogen and oxygen atoms in total. The fourth-order valence-electron chi connectivity index (χ4n) is 2.92. The third-order valence-corrected chi connectivity index (χ3v) is 4.84. The second-order valence-electron chi connectivity index (χ2n) is 4.97. The van der Waals surface area contributed by atoms with Crippen molar-refractivity contribution in [3.63, 3.8) is 0 Å². The Bertz CT molecular complexity index is 508. The average Bonchev–Trinajstić information content (AvgIpc) is 3.06. The van der Waals surface area contributed by atoms with Gasteiger partial charge in [-0.1, -0.05) is 0 Å². The van der Waals surface area contributed by atoms with Crippen molar-refractivity contribution in [1.29, 1.82) is 0 Å². The first-order valence-electron chi connectivity index (χ1n) is 6.51. The molecule has 0 radical (unpaired) electrons. The molecule has 2 aliphatic rings. The smallest absolute Gasteiger partial charge is 0.331 e. The van der Waals surface area contributed by atoms with Gasteiger partial charge in [0, 0.05) is 11.4 Å². The third kappa shape index (κ3) is 2.15. The summed E-state index contributed by atoms with van der Waals surface area (Å²) < 4.78 is 0. The lowest BCUT2D eigenvalue weighted by molar-refractivity contribution is -0.152. The van der Waals surface area contributed by atoms with Crippen molar-refractivity contribution in [1.82, 2.24) is 10.2 Å². The number of nitrogens with one attached hydrogen (secondary N) is 1. The zero-order chi connectivity index (χ0) is 13.4. The summed E-state index contributed by atoms with van der Waals surface area (Å²) in [7, 11) is 0. The van der Waals surface area contributed by atoms with Crippen LogP contribution in [0.2, 0.25) is 0 Å². The van der Waals surface area contributed by atoms with Crippen molar-refractivity contribution in [2.45, 2.75) is 31.3 Å². The van der Waals surface area contributed by atoms with E-state index in [1.54, 1.807) is 11.3 Å². The number of amides is 1. The van der Waals surface area contributed by atoms with Crippen molar-refractivity contribution in [2.75, 3.05) is 13.1 Å². The monoisotopic (exact) mass is 280 g/mol. The highest BCUT2D eigenvalue weighted by Crippen LogP contribution is 2.34. The van der Waals surface area contributed by atoms with Crippen LogP contribution in [-0.4, -0.2) is 41.0 Å². The quantitative estimate of drug-likeness (QED) is 0.848. The van der Waals surface area contributed by atoms with E-state index in [-0.39, 0.29) is 11.9 Å². The van der Waals surface area contributed by atoms with Crippen molar-refractivity contribution in [3.05, 3.63) is 21.9 Å². The molecule has 19 heavy (non-hydrogen) atoms. The van der Waals surface area contributed by atoms with Crippen LogP contribution >= 0.6 is 11.3 Å². The first-order valence-corrected chi connectivity index (χ1v) is 7.39. The fourth-order valence-corrected chi connectivity index (χ4v) is 3.82. The highest BCUT2D eigenvalue weighted by Gasteiger charge is 2.39. The zero-order valence-corrected chi connectivity index (χ0v) is 11.3. The van der Waals surface area contributed by atoms with Crippen molar-refractivity contribution >= 4 is 23.2 Å². The molecule has 0 saturated carbocycles. The van der Waals surface area contributed by atoms with E-state index in [9.17, 15) is 14.7 Å². The molecular weight excluding hydrogens is 264 g/mol. The Morgan fingerprint density at radius 1 is 1.47 bits per heavy atom. The molecule has 0 spiro atoms. The Hall–Kier alpha value is -1.40. The lowest BCUT2D eigenvalue weighted by atomic mass is 9.99. The van der Waals surface area contributed by atoms with Gasteiger partial charge < -0.3 is 15.3 Å². The van der Waals surface area contributed by atoms with Gasteiger partial charge in [-0.25, -0.2) is 4.79 Å². The Balaban J connectivity index is 1.89. The highest BCUT2D eigenvalue weighted by molar-refractivity contribution is 7.10. The molecule has 1 aromatic heterocycles. The van der Waals surface area contributed by atoms with E-state index < -0.39 is 12.0 Å². The van der Waals surface area contributed by atoms with Gasteiger partial charge in [0.15, 0.2) is 6.04 Å². The number of hydrogen-bond acceptors (Lipinski definition) is 4. The van der Waals surface area contributed by atoms with Crippen molar-refractivity contribution < 1.29 is 14.7 Å². The standard InChI is InChI=1S/C13H16N2O3S/c16-12(9-2-1-5-14-9)15-6-3-10-8(4-7-19-10)11(15)13(17)18/h4,7,9,11,14H,1-3,5-6H2,(H,17,18). The maximum absolute atomic E-state index is 12.5.